The van der Waals surface area contributed by atoms with Crippen molar-refractivity contribution in [1.82, 2.24) is 0 Å². The number of hydrogen-bond acceptors (Lipinski definition) is 1. The first-order chi connectivity index (χ1) is 5.04. The molecule has 0 atom stereocenters. The molecule has 1 aromatic rings. The Morgan fingerprint density at radius 2 is 2.00 bits per heavy atom. The van der Waals surface area contributed by atoms with E-state index in [0.29, 0.717) is 11.3 Å². The van der Waals surface area contributed by atoms with Gasteiger partial charge in [-0.3, -0.25) is 0 Å². The number of halogens is 3. The Kier molecular flexibility index (Phi) is 2.25. The van der Waals surface area contributed by atoms with Crippen molar-refractivity contribution >= 4 is 28.9 Å². The van der Waals surface area contributed by atoms with Gasteiger partial charge in [0.05, 0.1) is 10.0 Å². The van der Waals surface area contributed by atoms with E-state index in [9.17, 15) is 4.39 Å². The Bertz CT molecular complexity index is 273. The lowest BCUT2D eigenvalue weighted by Crippen LogP contribution is -1.93. The van der Waals surface area contributed by atoms with Crippen molar-refractivity contribution in [3.05, 3.63) is 27.5 Å². The van der Waals surface area contributed by atoms with Gasteiger partial charge < -0.3 is 5.73 Å². The summed E-state index contributed by atoms with van der Waals surface area (Å²) in [6.45, 7) is 1.64. The molecule has 0 spiro atoms. The Balaban J connectivity index is 3.46. The van der Waals surface area contributed by atoms with E-state index in [-0.39, 0.29) is 10.0 Å². The number of anilines is 1. The summed E-state index contributed by atoms with van der Waals surface area (Å²) in [5, 5.41) is -0.0481. The zero-order valence-electron chi connectivity index (χ0n) is 5.79. The molecule has 1 nitrogen and oxygen atoms in total. The predicted octanol–water partition coefficient (Wildman–Crippen LogP) is 3.02. The summed E-state index contributed by atoms with van der Waals surface area (Å²) in [6, 6.07) is 1.35. The average Bonchev–Trinajstić information content (AvgIpc) is 1.97. The molecule has 60 valence electrons. The van der Waals surface area contributed by atoms with Crippen molar-refractivity contribution in [3.8, 4) is 0 Å². The second-order valence-electron chi connectivity index (χ2n) is 2.20. The van der Waals surface area contributed by atoms with Crippen LogP contribution in [0, 0.1) is 12.7 Å². The maximum atomic E-state index is 12.9. The molecule has 0 saturated carbocycles. The highest BCUT2D eigenvalue weighted by Gasteiger charge is 2.10. The van der Waals surface area contributed by atoms with Crippen molar-refractivity contribution < 1.29 is 4.39 Å². The summed E-state index contributed by atoms with van der Waals surface area (Å²) < 4.78 is 12.9. The maximum absolute atomic E-state index is 12.9. The molecule has 4 heteroatoms. The van der Waals surface area contributed by atoms with Gasteiger partial charge in [-0.05, 0) is 18.6 Å². The minimum atomic E-state index is -0.611. The molecule has 0 radical (unpaired) electrons. The number of nitrogens with two attached hydrogens (primary N) is 1. The standard InChI is InChI=1S/C7H6Cl2FN/c1-3-5(11)2-4(8)7(10)6(3)9/h2H,11H2,1H3. The number of nitrogen functional groups attached to an aromatic ring is 1. The van der Waals surface area contributed by atoms with Gasteiger partial charge in [-0.25, -0.2) is 4.39 Å². The molecule has 0 aromatic heterocycles. The summed E-state index contributed by atoms with van der Waals surface area (Å²) in [7, 11) is 0. The molecular formula is C7H6Cl2FN. The molecular weight excluding hydrogens is 188 g/mol. The largest absolute Gasteiger partial charge is 0.398 e. The topological polar surface area (TPSA) is 26.0 Å². The van der Waals surface area contributed by atoms with Crippen LogP contribution in [0.15, 0.2) is 6.07 Å². The highest BCUT2D eigenvalue weighted by molar-refractivity contribution is 6.35. The van der Waals surface area contributed by atoms with Crippen LogP contribution in [0.4, 0.5) is 10.1 Å². The first kappa shape index (κ1) is 8.62. The van der Waals surface area contributed by atoms with Crippen LogP contribution >= 0.6 is 23.2 Å². The molecule has 0 heterocycles. The number of hydrogen-bond donors (Lipinski definition) is 1. The third kappa shape index (κ3) is 1.42. The Hall–Kier alpha value is -0.470. The van der Waals surface area contributed by atoms with E-state index < -0.39 is 5.82 Å². The molecule has 0 aliphatic carbocycles. The molecule has 0 amide bonds. The molecule has 0 aliphatic rings. The van der Waals surface area contributed by atoms with E-state index in [2.05, 4.69) is 0 Å². The van der Waals surface area contributed by atoms with Gasteiger partial charge in [0.2, 0.25) is 0 Å². The SMILES string of the molecule is Cc1c(N)cc(Cl)c(F)c1Cl. The fourth-order valence-electron chi connectivity index (χ4n) is 0.704. The molecule has 1 rings (SSSR count). The van der Waals surface area contributed by atoms with E-state index in [1.165, 1.54) is 6.07 Å². The minimum Gasteiger partial charge on any atom is -0.398 e. The van der Waals surface area contributed by atoms with Crippen LogP contribution in [0.3, 0.4) is 0 Å². The molecule has 0 unspecified atom stereocenters. The lowest BCUT2D eigenvalue weighted by atomic mass is 10.2. The number of rotatable bonds is 0. The van der Waals surface area contributed by atoms with E-state index in [1.807, 2.05) is 0 Å². The van der Waals surface area contributed by atoms with Crippen LogP contribution in [0.5, 0.6) is 0 Å². The Labute approximate surface area is 73.9 Å². The third-order valence-corrected chi connectivity index (χ3v) is 2.17. The van der Waals surface area contributed by atoms with Gasteiger partial charge >= 0.3 is 0 Å². The van der Waals surface area contributed by atoms with Crippen LogP contribution in [0.2, 0.25) is 10.0 Å². The molecule has 11 heavy (non-hydrogen) atoms. The van der Waals surface area contributed by atoms with Gasteiger partial charge in [0.25, 0.3) is 0 Å². The van der Waals surface area contributed by atoms with E-state index in [1.54, 1.807) is 6.92 Å². The molecule has 0 bridgehead atoms. The van der Waals surface area contributed by atoms with Crippen molar-refractivity contribution in [2.75, 3.05) is 5.73 Å². The van der Waals surface area contributed by atoms with Crippen LogP contribution in [-0.4, -0.2) is 0 Å². The quantitative estimate of drug-likeness (QED) is 0.498. The van der Waals surface area contributed by atoms with Crippen LogP contribution in [0.25, 0.3) is 0 Å². The molecule has 1 aromatic carbocycles. The Morgan fingerprint density at radius 3 is 2.55 bits per heavy atom. The van der Waals surface area contributed by atoms with Gasteiger partial charge in [0.15, 0.2) is 5.82 Å². The predicted molar refractivity (Wildman–Crippen MR) is 45.6 cm³/mol. The molecule has 0 saturated heterocycles. The minimum absolute atomic E-state index is 0.00463. The summed E-state index contributed by atoms with van der Waals surface area (Å²) >= 11 is 11.0. The van der Waals surface area contributed by atoms with Crippen molar-refractivity contribution in [1.29, 1.82) is 0 Å². The van der Waals surface area contributed by atoms with E-state index in [4.69, 9.17) is 28.9 Å². The second kappa shape index (κ2) is 2.88. The van der Waals surface area contributed by atoms with Crippen molar-refractivity contribution in [2.45, 2.75) is 6.92 Å². The fourth-order valence-corrected chi connectivity index (χ4v) is 1.18. The first-order valence-electron chi connectivity index (χ1n) is 2.93. The maximum Gasteiger partial charge on any atom is 0.160 e. The average molecular weight is 194 g/mol. The van der Waals surface area contributed by atoms with Gasteiger partial charge in [-0.2, -0.15) is 0 Å². The van der Waals surface area contributed by atoms with Crippen LogP contribution in [0.1, 0.15) is 5.56 Å². The molecule has 0 aliphatic heterocycles. The Morgan fingerprint density at radius 1 is 1.45 bits per heavy atom. The monoisotopic (exact) mass is 193 g/mol. The van der Waals surface area contributed by atoms with Crippen LogP contribution in [-0.2, 0) is 0 Å². The van der Waals surface area contributed by atoms with Gasteiger partial charge in [-0.1, -0.05) is 23.2 Å². The smallest absolute Gasteiger partial charge is 0.160 e. The normalized spacial score (nSPS) is 10.2. The van der Waals surface area contributed by atoms with E-state index in [0.717, 1.165) is 0 Å². The highest BCUT2D eigenvalue weighted by Crippen LogP contribution is 2.30. The summed E-state index contributed by atoms with van der Waals surface area (Å²) in [4.78, 5) is 0. The summed E-state index contributed by atoms with van der Waals surface area (Å²) in [5.74, 6) is -0.611. The van der Waals surface area contributed by atoms with Gasteiger partial charge in [0, 0.05) is 5.69 Å². The van der Waals surface area contributed by atoms with E-state index >= 15 is 0 Å². The number of benzene rings is 1. The van der Waals surface area contributed by atoms with Crippen LogP contribution < -0.4 is 5.73 Å². The molecule has 2 N–H and O–H groups in total. The lowest BCUT2D eigenvalue weighted by molar-refractivity contribution is 0.628. The first-order valence-corrected chi connectivity index (χ1v) is 3.69. The van der Waals surface area contributed by atoms with Gasteiger partial charge in [-0.15, -0.1) is 0 Å². The fraction of sp³-hybridized carbons (Fsp3) is 0.143. The second-order valence-corrected chi connectivity index (χ2v) is 2.99. The lowest BCUT2D eigenvalue weighted by Gasteiger charge is -2.04. The zero-order chi connectivity index (χ0) is 8.59. The highest BCUT2D eigenvalue weighted by atomic mass is 35.5. The zero-order valence-corrected chi connectivity index (χ0v) is 7.30. The van der Waals surface area contributed by atoms with Gasteiger partial charge in [0.1, 0.15) is 0 Å². The van der Waals surface area contributed by atoms with Crippen molar-refractivity contribution in [3.63, 3.8) is 0 Å². The third-order valence-electron chi connectivity index (χ3n) is 1.45. The van der Waals surface area contributed by atoms with Crippen molar-refractivity contribution in [2.24, 2.45) is 0 Å². The summed E-state index contributed by atoms with van der Waals surface area (Å²) in [6.07, 6.45) is 0. The molecule has 0 fully saturated rings. The summed E-state index contributed by atoms with van der Waals surface area (Å²) in [5.41, 5.74) is 6.38.